The van der Waals surface area contributed by atoms with Gasteiger partial charge in [-0.3, -0.25) is 4.79 Å². The molecule has 1 aromatic carbocycles. The molecule has 2 aromatic heterocycles. The van der Waals surface area contributed by atoms with E-state index in [9.17, 15) is 15.0 Å². The van der Waals surface area contributed by atoms with Crippen LogP contribution in [0.1, 0.15) is 39.2 Å². The minimum absolute atomic E-state index is 0.229. The first-order valence-electron chi connectivity index (χ1n) is 8.42. The average molecular weight is 390 g/mol. The van der Waals surface area contributed by atoms with Gasteiger partial charge in [0.2, 0.25) is 0 Å². The number of ether oxygens (including phenoxy) is 1. The molecule has 2 heterocycles. The van der Waals surface area contributed by atoms with Crippen LogP contribution in [-0.2, 0) is 12.0 Å². The molecule has 7 nitrogen and oxygen atoms in total. The van der Waals surface area contributed by atoms with Crippen LogP contribution < -0.4 is 10.5 Å². The van der Waals surface area contributed by atoms with Crippen LogP contribution in [0.2, 0.25) is 0 Å². The number of carbonyl (C=O) groups is 1. The molecule has 0 spiro atoms. The highest BCUT2D eigenvalue weighted by molar-refractivity contribution is 7.09. The van der Waals surface area contributed by atoms with Crippen molar-refractivity contribution in [3.8, 4) is 5.75 Å². The number of hydrogen-bond donors (Lipinski definition) is 3. The molecule has 0 atom stereocenters. The lowest BCUT2D eigenvalue weighted by molar-refractivity contribution is 0.0999. The maximum atomic E-state index is 12.0. The number of rotatable bonds is 7. The van der Waals surface area contributed by atoms with Gasteiger partial charge >= 0.3 is 0 Å². The van der Waals surface area contributed by atoms with Crippen molar-refractivity contribution in [1.82, 2.24) is 4.98 Å². The standard InChI is InChI=1S/C19H22N2O5S/c1-10-14(27-9-21-10)6-25-13-5-4-12-16(15(18(20)24)11(2)26-12)17(13)19(3,7-22)8-23/h4-5,9,22-23H,6-8H2,1-3H3,(H2,20,24). The number of aromatic nitrogens is 1. The SMILES string of the molecule is Cc1ncsc1COc1ccc2oc(C)c(C(N)=O)c2c1C(C)(CO)CO. The number of nitrogens with two attached hydrogens (primary N) is 1. The van der Waals surface area contributed by atoms with Gasteiger partial charge in [-0.05, 0) is 26.0 Å². The molecule has 27 heavy (non-hydrogen) atoms. The Balaban J connectivity index is 2.22. The first-order valence-corrected chi connectivity index (χ1v) is 9.30. The van der Waals surface area contributed by atoms with E-state index >= 15 is 0 Å². The Bertz CT molecular complexity index is 988. The van der Waals surface area contributed by atoms with Crippen molar-refractivity contribution >= 4 is 28.2 Å². The molecule has 1 amide bonds. The van der Waals surface area contributed by atoms with Crippen LogP contribution in [0.25, 0.3) is 11.0 Å². The van der Waals surface area contributed by atoms with Crippen LogP contribution in [0.15, 0.2) is 22.1 Å². The Morgan fingerprint density at radius 2 is 2.04 bits per heavy atom. The van der Waals surface area contributed by atoms with E-state index < -0.39 is 11.3 Å². The summed E-state index contributed by atoms with van der Waals surface area (Å²) in [6, 6.07) is 3.41. The molecule has 0 saturated heterocycles. The van der Waals surface area contributed by atoms with Crippen molar-refractivity contribution in [2.24, 2.45) is 5.73 Å². The quantitative estimate of drug-likeness (QED) is 0.570. The van der Waals surface area contributed by atoms with Crippen molar-refractivity contribution in [3.05, 3.63) is 45.1 Å². The van der Waals surface area contributed by atoms with Crippen LogP contribution in [0.3, 0.4) is 0 Å². The summed E-state index contributed by atoms with van der Waals surface area (Å²) >= 11 is 1.48. The summed E-state index contributed by atoms with van der Waals surface area (Å²) in [6.07, 6.45) is 0. The van der Waals surface area contributed by atoms with E-state index in [1.54, 1.807) is 31.5 Å². The van der Waals surface area contributed by atoms with Gasteiger partial charge in [0.25, 0.3) is 5.91 Å². The third-order valence-corrected chi connectivity index (χ3v) is 5.65. The molecule has 0 aliphatic rings. The van der Waals surface area contributed by atoms with Gasteiger partial charge in [0, 0.05) is 16.4 Å². The molecule has 0 unspecified atom stereocenters. The van der Waals surface area contributed by atoms with E-state index in [4.69, 9.17) is 14.9 Å². The van der Waals surface area contributed by atoms with E-state index in [-0.39, 0.29) is 25.4 Å². The van der Waals surface area contributed by atoms with Gasteiger partial charge in [0.05, 0.1) is 34.9 Å². The second-order valence-corrected chi connectivity index (χ2v) is 7.68. The van der Waals surface area contributed by atoms with Crippen molar-refractivity contribution in [3.63, 3.8) is 0 Å². The normalized spacial score (nSPS) is 11.9. The van der Waals surface area contributed by atoms with Gasteiger partial charge in [-0.1, -0.05) is 6.92 Å². The molecule has 0 bridgehead atoms. The molecule has 0 radical (unpaired) electrons. The summed E-state index contributed by atoms with van der Waals surface area (Å²) in [5.41, 5.74) is 8.31. The Labute approximate surface area is 160 Å². The molecule has 3 rings (SSSR count). The molecule has 4 N–H and O–H groups in total. The minimum Gasteiger partial charge on any atom is -0.488 e. The lowest BCUT2D eigenvalue weighted by atomic mass is 9.80. The number of aryl methyl sites for hydroxylation is 2. The van der Waals surface area contributed by atoms with Crippen molar-refractivity contribution < 1.29 is 24.2 Å². The minimum atomic E-state index is -1.06. The highest BCUT2D eigenvalue weighted by atomic mass is 32.1. The predicted molar refractivity (Wildman–Crippen MR) is 102 cm³/mol. The monoisotopic (exact) mass is 390 g/mol. The van der Waals surface area contributed by atoms with Crippen LogP contribution >= 0.6 is 11.3 Å². The van der Waals surface area contributed by atoms with Gasteiger partial charge in [0.1, 0.15) is 23.7 Å². The zero-order valence-electron chi connectivity index (χ0n) is 15.4. The van der Waals surface area contributed by atoms with Crippen LogP contribution in [-0.4, -0.2) is 34.3 Å². The predicted octanol–water partition coefficient (Wildman–Crippen LogP) is 2.43. The van der Waals surface area contributed by atoms with Gasteiger partial charge < -0.3 is 25.1 Å². The number of amides is 1. The zero-order valence-corrected chi connectivity index (χ0v) is 16.2. The third kappa shape index (κ3) is 3.31. The van der Waals surface area contributed by atoms with E-state index in [1.807, 2.05) is 6.92 Å². The summed E-state index contributed by atoms with van der Waals surface area (Å²) < 4.78 is 11.7. The Morgan fingerprint density at radius 1 is 1.33 bits per heavy atom. The number of thiazole rings is 1. The van der Waals surface area contributed by atoms with E-state index in [1.165, 1.54) is 11.3 Å². The smallest absolute Gasteiger partial charge is 0.252 e. The first-order chi connectivity index (χ1) is 12.8. The zero-order chi connectivity index (χ0) is 19.8. The molecule has 0 saturated carbocycles. The highest BCUT2D eigenvalue weighted by Gasteiger charge is 2.34. The van der Waals surface area contributed by atoms with E-state index in [2.05, 4.69) is 4.98 Å². The van der Waals surface area contributed by atoms with Crippen LogP contribution in [0, 0.1) is 13.8 Å². The molecule has 144 valence electrons. The lowest BCUT2D eigenvalue weighted by Crippen LogP contribution is -2.32. The summed E-state index contributed by atoms with van der Waals surface area (Å²) in [4.78, 5) is 17.2. The number of carbonyl (C=O) groups excluding carboxylic acids is 1. The molecule has 0 fully saturated rings. The fourth-order valence-corrected chi connectivity index (χ4v) is 3.81. The second kappa shape index (κ2) is 7.30. The van der Waals surface area contributed by atoms with E-state index in [0.29, 0.717) is 28.0 Å². The first kappa shape index (κ1) is 19.3. The number of fused-ring (bicyclic) bond motifs is 1. The topological polar surface area (TPSA) is 119 Å². The van der Waals surface area contributed by atoms with E-state index in [0.717, 1.165) is 10.6 Å². The molecule has 0 aliphatic carbocycles. The summed E-state index contributed by atoms with van der Waals surface area (Å²) in [5.74, 6) is 0.192. The molecule has 3 aromatic rings. The largest absolute Gasteiger partial charge is 0.488 e. The fourth-order valence-electron chi connectivity index (χ4n) is 3.12. The Kier molecular flexibility index (Phi) is 5.23. The lowest BCUT2D eigenvalue weighted by Gasteiger charge is -2.28. The number of primary amides is 1. The number of benzene rings is 1. The van der Waals surface area contributed by atoms with Crippen molar-refractivity contribution in [1.29, 1.82) is 0 Å². The Morgan fingerprint density at radius 3 is 2.59 bits per heavy atom. The average Bonchev–Trinajstić information content (AvgIpc) is 3.20. The molecular formula is C19H22N2O5S. The van der Waals surface area contributed by atoms with Gasteiger partial charge in [0.15, 0.2) is 0 Å². The molecule has 8 heteroatoms. The van der Waals surface area contributed by atoms with Gasteiger partial charge in [-0.15, -0.1) is 11.3 Å². The van der Waals surface area contributed by atoms with Gasteiger partial charge in [-0.2, -0.15) is 0 Å². The fraction of sp³-hybridized carbons (Fsp3) is 0.368. The Hall–Kier alpha value is -2.42. The molecular weight excluding hydrogens is 368 g/mol. The maximum Gasteiger partial charge on any atom is 0.252 e. The van der Waals surface area contributed by atoms with Crippen LogP contribution in [0.4, 0.5) is 0 Å². The number of aliphatic hydroxyl groups is 2. The van der Waals surface area contributed by atoms with Gasteiger partial charge in [-0.25, -0.2) is 4.98 Å². The van der Waals surface area contributed by atoms with Crippen molar-refractivity contribution in [2.75, 3.05) is 13.2 Å². The highest BCUT2D eigenvalue weighted by Crippen LogP contribution is 2.41. The number of hydrogen-bond acceptors (Lipinski definition) is 7. The number of furan rings is 1. The van der Waals surface area contributed by atoms with Crippen molar-refractivity contribution in [2.45, 2.75) is 32.8 Å². The third-order valence-electron chi connectivity index (χ3n) is 4.75. The number of aliphatic hydroxyl groups excluding tert-OH is 2. The molecule has 0 aliphatic heterocycles. The summed E-state index contributed by atoms with van der Waals surface area (Å²) in [6.45, 7) is 4.84. The summed E-state index contributed by atoms with van der Waals surface area (Å²) in [5, 5.41) is 20.4. The maximum absolute atomic E-state index is 12.0. The second-order valence-electron chi connectivity index (χ2n) is 6.74. The van der Waals surface area contributed by atoms with Crippen LogP contribution in [0.5, 0.6) is 5.75 Å². The summed E-state index contributed by atoms with van der Waals surface area (Å²) in [7, 11) is 0. The number of nitrogens with zero attached hydrogens (tertiary/aromatic N) is 1.